The van der Waals surface area contributed by atoms with Crippen molar-refractivity contribution in [3.63, 3.8) is 0 Å². The van der Waals surface area contributed by atoms with Crippen LogP contribution in [0.3, 0.4) is 0 Å². The minimum absolute atomic E-state index is 0.0153. The molecule has 0 aliphatic heterocycles. The third kappa shape index (κ3) is 4.15. The Kier molecular flexibility index (Phi) is 5.51. The van der Waals surface area contributed by atoms with E-state index in [-0.39, 0.29) is 11.9 Å². The molecule has 1 aliphatic carbocycles. The Morgan fingerprint density at radius 2 is 2.12 bits per heavy atom. The van der Waals surface area contributed by atoms with Crippen molar-refractivity contribution in [2.45, 2.75) is 31.6 Å². The van der Waals surface area contributed by atoms with Crippen molar-refractivity contribution in [1.29, 1.82) is 0 Å². The van der Waals surface area contributed by atoms with Crippen LogP contribution in [0, 0.1) is 5.92 Å². The molecule has 3 rings (SSSR count). The largest absolute Gasteiger partial charge is 0.338 e. The van der Waals surface area contributed by atoms with Gasteiger partial charge in [-0.3, -0.25) is 0 Å². The number of hydrogen-bond acceptors (Lipinski definition) is 3. The molecule has 0 saturated heterocycles. The summed E-state index contributed by atoms with van der Waals surface area (Å²) in [5.41, 5.74) is 1.43. The Balaban J connectivity index is 1.37. The molecule has 1 aromatic heterocycles. The number of carbonyl (C=O) groups is 1. The Morgan fingerprint density at radius 3 is 2.79 bits per heavy atom. The van der Waals surface area contributed by atoms with E-state index in [0.29, 0.717) is 18.4 Å². The first-order valence-corrected chi connectivity index (χ1v) is 9.44. The van der Waals surface area contributed by atoms with Crippen molar-refractivity contribution in [3.05, 3.63) is 52.5 Å². The van der Waals surface area contributed by atoms with Crippen molar-refractivity contribution >= 4 is 17.4 Å². The normalized spacial score (nSPS) is 20.9. The fraction of sp³-hybridized carbons (Fsp3) is 0.474. The van der Waals surface area contributed by atoms with Crippen LogP contribution in [0.4, 0.5) is 4.79 Å². The summed E-state index contributed by atoms with van der Waals surface area (Å²) in [4.78, 5) is 18.3. The van der Waals surface area contributed by atoms with Gasteiger partial charge in [0.2, 0.25) is 0 Å². The van der Waals surface area contributed by atoms with Crippen LogP contribution in [0.5, 0.6) is 0 Å². The van der Waals surface area contributed by atoms with Gasteiger partial charge >= 0.3 is 6.03 Å². The first-order valence-electron chi connectivity index (χ1n) is 8.56. The molecule has 4 nitrogen and oxygen atoms in total. The Labute approximate surface area is 147 Å². The average molecular weight is 343 g/mol. The van der Waals surface area contributed by atoms with E-state index in [1.165, 1.54) is 18.4 Å². The zero-order chi connectivity index (χ0) is 16.9. The number of likely N-dealkylation sites (N-methyl/N-ethyl adjacent to an activating group) is 1. The van der Waals surface area contributed by atoms with Crippen molar-refractivity contribution in [3.8, 4) is 0 Å². The molecule has 2 aromatic rings. The summed E-state index contributed by atoms with van der Waals surface area (Å²) in [5.74, 6) is 1.53. The van der Waals surface area contributed by atoms with Crippen LogP contribution >= 0.6 is 11.3 Å². The highest BCUT2D eigenvalue weighted by Crippen LogP contribution is 2.41. The first-order chi connectivity index (χ1) is 11.6. The number of nitrogens with zero attached hydrogens (tertiary/aromatic N) is 2. The third-order valence-corrected chi connectivity index (χ3v) is 5.82. The van der Waals surface area contributed by atoms with Gasteiger partial charge in [0.1, 0.15) is 0 Å². The van der Waals surface area contributed by atoms with Gasteiger partial charge in [-0.25, -0.2) is 9.78 Å². The first kappa shape index (κ1) is 17.0. The van der Waals surface area contributed by atoms with E-state index in [2.05, 4.69) is 47.6 Å². The molecule has 24 heavy (non-hydrogen) atoms. The lowest BCUT2D eigenvalue weighted by atomic mass is 9.71. The molecule has 1 fully saturated rings. The molecule has 0 unspecified atom stereocenters. The summed E-state index contributed by atoms with van der Waals surface area (Å²) in [6.45, 7) is 3.58. The predicted octanol–water partition coefficient (Wildman–Crippen LogP) is 4.08. The van der Waals surface area contributed by atoms with Crippen molar-refractivity contribution in [2.24, 2.45) is 5.92 Å². The molecule has 5 heteroatoms. The molecule has 0 bridgehead atoms. The van der Waals surface area contributed by atoms with Crippen molar-refractivity contribution in [2.75, 3.05) is 20.1 Å². The second-order valence-corrected chi connectivity index (χ2v) is 7.71. The van der Waals surface area contributed by atoms with Gasteiger partial charge in [0.15, 0.2) is 0 Å². The van der Waals surface area contributed by atoms with Gasteiger partial charge in [0, 0.05) is 37.6 Å². The summed E-state index contributed by atoms with van der Waals surface area (Å²) in [6.07, 6.45) is 4.16. The molecule has 2 amide bonds. The predicted molar refractivity (Wildman–Crippen MR) is 98.5 cm³/mol. The molecular formula is C19H25N3OS. The minimum atomic E-state index is 0.0153. The lowest BCUT2D eigenvalue weighted by molar-refractivity contribution is 0.195. The molecule has 1 aliphatic rings. The van der Waals surface area contributed by atoms with Gasteiger partial charge in [-0.15, -0.1) is 11.3 Å². The topological polar surface area (TPSA) is 45.2 Å². The number of thiazole rings is 1. The molecule has 0 radical (unpaired) electrons. The maximum absolute atomic E-state index is 12.2. The van der Waals surface area contributed by atoms with Crippen LogP contribution in [0.15, 0.2) is 41.9 Å². The van der Waals surface area contributed by atoms with Gasteiger partial charge in [-0.1, -0.05) is 37.3 Å². The highest BCUT2D eigenvalue weighted by Gasteiger charge is 2.30. The van der Waals surface area contributed by atoms with Crippen molar-refractivity contribution in [1.82, 2.24) is 15.2 Å². The average Bonchev–Trinajstić information content (AvgIpc) is 3.08. The van der Waals surface area contributed by atoms with Gasteiger partial charge < -0.3 is 10.2 Å². The van der Waals surface area contributed by atoms with Crippen molar-refractivity contribution < 1.29 is 4.79 Å². The number of carbonyl (C=O) groups excluding carboxylic acids is 1. The quantitative estimate of drug-likeness (QED) is 0.859. The molecule has 128 valence electrons. The van der Waals surface area contributed by atoms with Crippen LogP contribution < -0.4 is 5.32 Å². The van der Waals surface area contributed by atoms with Crippen LogP contribution in [-0.4, -0.2) is 36.1 Å². The van der Waals surface area contributed by atoms with Gasteiger partial charge in [-0.2, -0.15) is 0 Å². The fourth-order valence-electron chi connectivity index (χ4n) is 3.32. The number of rotatable bonds is 6. The zero-order valence-corrected chi connectivity index (χ0v) is 15.1. The van der Waals surface area contributed by atoms with E-state index >= 15 is 0 Å². The van der Waals surface area contributed by atoms with E-state index in [1.807, 2.05) is 18.6 Å². The number of urea groups is 1. The number of hydrogen-bond donors (Lipinski definition) is 1. The SMILES string of the molecule is C[C@H](CN(C)C(=O)NCC1CC(c2ccccc2)C1)c1nccs1. The fourth-order valence-corrected chi connectivity index (χ4v) is 4.01. The van der Waals surface area contributed by atoms with Gasteiger partial charge in [0.05, 0.1) is 5.01 Å². The number of benzene rings is 1. The van der Waals surface area contributed by atoms with Crippen LogP contribution in [0.25, 0.3) is 0 Å². The monoisotopic (exact) mass is 343 g/mol. The second-order valence-electron chi connectivity index (χ2n) is 6.78. The molecule has 1 heterocycles. The summed E-state index contributed by atoms with van der Waals surface area (Å²) in [5, 5.41) is 6.14. The van der Waals surface area contributed by atoms with Crippen LogP contribution in [0.1, 0.15) is 42.2 Å². The highest BCUT2D eigenvalue weighted by atomic mass is 32.1. The van der Waals surface area contributed by atoms with Gasteiger partial charge in [0.25, 0.3) is 0 Å². The molecule has 1 N–H and O–H groups in total. The Hall–Kier alpha value is -1.88. The lowest BCUT2D eigenvalue weighted by Crippen LogP contribution is -2.43. The maximum Gasteiger partial charge on any atom is 0.317 e. The molecule has 0 spiro atoms. The summed E-state index contributed by atoms with van der Waals surface area (Å²) in [6, 6.07) is 10.7. The number of amides is 2. The molecule has 1 saturated carbocycles. The Morgan fingerprint density at radius 1 is 1.38 bits per heavy atom. The van der Waals surface area contributed by atoms with E-state index in [1.54, 1.807) is 16.2 Å². The van der Waals surface area contributed by atoms with Gasteiger partial charge in [-0.05, 0) is 30.2 Å². The number of nitrogens with one attached hydrogen (secondary N) is 1. The molecule has 1 atom stereocenters. The van der Waals surface area contributed by atoms with E-state index in [0.717, 1.165) is 11.6 Å². The highest BCUT2D eigenvalue weighted by molar-refractivity contribution is 7.09. The second kappa shape index (κ2) is 7.79. The summed E-state index contributed by atoms with van der Waals surface area (Å²) >= 11 is 1.64. The Bertz CT molecular complexity index is 638. The molecular weight excluding hydrogens is 318 g/mol. The third-order valence-electron chi connectivity index (χ3n) is 4.82. The summed E-state index contributed by atoms with van der Waals surface area (Å²) < 4.78 is 0. The van der Waals surface area contributed by atoms with E-state index in [9.17, 15) is 4.79 Å². The summed E-state index contributed by atoms with van der Waals surface area (Å²) in [7, 11) is 1.85. The number of aromatic nitrogens is 1. The minimum Gasteiger partial charge on any atom is -0.338 e. The zero-order valence-electron chi connectivity index (χ0n) is 14.3. The van der Waals surface area contributed by atoms with Crippen LogP contribution in [0.2, 0.25) is 0 Å². The standard InChI is InChI=1S/C19H25N3OS/c1-14(18-20-8-9-24-18)13-22(2)19(23)21-12-15-10-17(11-15)16-6-4-3-5-7-16/h3-9,14-15,17H,10-13H2,1-2H3,(H,21,23)/t14-,15?,17?/m1/s1. The molecule has 1 aromatic carbocycles. The van der Waals surface area contributed by atoms with E-state index < -0.39 is 0 Å². The van der Waals surface area contributed by atoms with E-state index in [4.69, 9.17) is 0 Å². The smallest absolute Gasteiger partial charge is 0.317 e. The maximum atomic E-state index is 12.2. The van der Waals surface area contributed by atoms with Crippen LogP contribution in [-0.2, 0) is 0 Å². The lowest BCUT2D eigenvalue weighted by Gasteiger charge is -2.36.